The Hall–Kier alpha value is -5.03. The van der Waals surface area contributed by atoms with Crippen LogP contribution in [0.4, 0.5) is 15.8 Å². The second-order valence-electron chi connectivity index (χ2n) is 12.0. The number of hydrogen-bond acceptors (Lipinski definition) is 7. The quantitative estimate of drug-likeness (QED) is 0.152. The number of hydrazone groups is 1. The molecule has 10 nitrogen and oxygen atoms in total. The van der Waals surface area contributed by atoms with E-state index in [4.69, 9.17) is 14.5 Å². The minimum Gasteiger partial charge on any atom is -0.475 e. The highest BCUT2D eigenvalue weighted by atomic mass is 19.1. The van der Waals surface area contributed by atoms with E-state index < -0.39 is 5.82 Å². The fourth-order valence-corrected chi connectivity index (χ4v) is 5.61. The molecule has 0 atom stereocenters. The first-order valence-electron chi connectivity index (χ1n) is 16.3. The molecule has 0 spiro atoms. The van der Waals surface area contributed by atoms with Gasteiger partial charge in [0.1, 0.15) is 29.7 Å². The van der Waals surface area contributed by atoms with Crippen molar-refractivity contribution in [1.29, 1.82) is 0 Å². The summed E-state index contributed by atoms with van der Waals surface area (Å²) >= 11 is 0. The van der Waals surface area contributed by atoms with Gasteiger partial charge in [0.2, 0.25) is 23.1 Å². The normalized spacial score (nSPS) is 16.6. The fourth-order valence-electron chi connectivity index (χ4n) is 5.61. The van der Waals surface area contributed by atoms with E-state index in [1.807, 2.05) is 88.2 Å². The molecule has 0 unspecified atom stereocenters. The molecule has 48 heavy (non-hydrogen) atoms. The first kappa shape index (κ1) is 34.3. The summed E-state index contributed by atoms with van der Waals surface area (Å²) < 4.78 is 30.4. The van der Waals surface area contributed by atoms with Crippen molar-refractivity contribution in [2.75, 3.05) is 58.7 Å². The largest absolute Gasteiger partial charge is 0.475 e. The maximum Gasteiger partial charge on any atom is 0.248 e. The number of carbonyl (C=O) groups is 1. The van der Waals surface area contributed by atoms with Gasteiger partial charge in [-0.2, -0.15) is 9.68 Å². The molecule has 1 amide bonds. The van der Waals surface area contributed by atoms with Crippen molar-refractivity contribution < 1.29 is 23.2 Å². The number of aryl methyl sites for hydroxylation is 2. The van der Waals surface area contributed by atoms with Gasteiger partial charge in [-0.15, -0.1) is 0 Å². The van der Waals surface area contributed by atoms with Gasteiger partial charge in [-0.1, -0.05) is 25.1 Å². The predicted molar refractivity (Wildman–Crippen MR) is 190 cm³/mol. The number of likely N-dealkylation sites (N-methyl/N-ethyl adjacent to an activating group) is 1. The fraction of sp³-hybridized carbons (Fsp3) is 0.351. The zero-order valence-corrected chi connectivity index (χ0v) is 28.7. The smallest absolute Gasteiger partial charge is 0.248 e. The Balaban J connectivity index is 1.42. The Morgan fingerprint density at radius 3 is 2.77 bits per heavy atom. The van der Waals surface area contributed by atoms with E-state index in [0.717, 1.165) is 34.5 Å². The van der Waals surface area contributed by atoms with Gasteiger partial charge in [0.05, 0.1) is 24.3 Å². The Morgan fingerprint density at radius 1 is 1.21 bits per heavy atom. The average Bonchev–Trinajstić information content (AvgIpc) is 3.07. The number of carbonyl (C=O) groups excluding carboxylic acids is 1. The molecular weight excluding hydrogens is 609 g/mol. The monoisotopic (exact) mass is 654 g/mol. The highest BCUT2D eigenvalue weighted by Gasteiger charge is 2.37. The van der Waals surface area contributed by atoms with Gasteiger partial charge in [0.25, 0.3) is 0 Å². The number of rotatable bonds is 10. The number of nitrogens with one attached hydrogen (secondary N) is 1. The molecule has 5 rings (SSSR count). The number of nitrogens with zero attached hydrogens (tertiary/aromatic N) is 6. The van der Waals surface area contributed by atoms with Crippen LogP contribution in [0.3, 0.4) is 0 Å². The SMILES string of the molecule is C/C=N\N1C=CC(Oc2cc(F)c(NC(=N/C=C/CC)c3c(C)ccc4c3OCC3=[N+]4CCN(C(=O)/C=C/CN(C)C)C3)cc2C)=CC1. The van der Waals surface area contributed by atoms with Crippen LogP contribution in [0.2, 0.25) is 0 Å². The third-order valence-electron chi connectivity index (χ3n) is 8.09. The van der Waals surface area contributed by atoms with Crippen LogP contribution in [0.15, 0.2) is 82.9 Å². The second kappa shape index (κ2) is 15.7. The van der Waals surface area contributed by atoms with Crippen molar-refractivity contribution in [2.24, 2.45) is 10.1 Å². The molecule has 252 valence electrons. The van der Waals surface area contributed by atoms with Crippen molar-refractivity contribution in [2.45, 2.75) is 34.1 Å². The molecule has 3 aliphatic rings. The molecule has 1 N–H and O–H groups in total. The topological polar surface area (TPSA) is 85.0 Å². The summed E-state index contributed by atoms with van der Waals surface area (Å²) in [4.78, 5) is 21.5. The maximum atomic E-state index is 15.7. The minimum atomic E-state index is -0.472. The molecule has 2 aromatic rings. The van der Waals surface area contributed by atoms with Crippen LogP contribution in [0.1, 0.15) is 37.0 Å². The number of anilines is 1. The third kappa shape index (κ3) is 8.09. The van der Waals surface area contributed by atoms with Gasteiger partial charge >= 0.3 is 0 Å². The summed E-state index contributed by atoms with van der Waals surface area (Å²) in [5, 5.41) is 9.28. The van der Waals surface area contributed by atoms with Crippen LogP contribution in [0.5, 0.6) is 11.5 Å². The molecule has 0 fully saturated rings. The van der Waals surface area contributed by atoms with E-state index in [1.165, 1.54) is 6.07 Å². The highest BCUT2D eigenvalue weighted by Crippen LogP contribution is 2.38. The lowest BCUT2D eigenvalue weighted by molar-refractivity contribution is -0.453. The van der Waals surface area contributed by atoms with E-state index in [-0.39, 0.29) is 11.6 Å². The van der Waals surface area contributed by atoms with Crippen LogP contribution >= 0.6 is 0 Å². The number of aliphatic imine (C=N–C) groups is 1. The molecule has 0 radical (unpaired) electrons. The van der Waals surface area contributed by atoms with E-state index >= 15 is 4.39 Å². The van der Waals surface area contributed by atoms with E-state index in [2.05, 4.69) is 15.0 Å². The van der Waals surface area contributed by atoms with Crippen LogP contribution < -0.4 is 14.8 Å². The van der Waals surface area contributed by atoms with E-state index in [9.17, 15) is 4.79 Å². The van der Waals surface area contributed by atoms with E-state index in [0.29, 0.717) is 62.4 Å². The first-order chi connectivity index (χ1) is 23.2. The van der Waals surface area contributed by atoms with Gasteiger partial charge < -0.3 is 24.6 Å². The molecule has 0 bridgehead atoms. The van der Waals surface area contributed by atoms with Crippen molar-refractivity contribution in [3.8, 4) is 11.5 Å². The highest BCUT2D eigenvalue weighted by molar-refractivity contribution is 6.12. The van der Waals surface area contributed by atoms with Crippen molar-refractivity contribution in [3.05, 3.63) is 95.3 Å². The molecular formula is C37H45FN7O3+. The van der Waals surface area contributed by atoms with Crippen LogP contribution in [-0.2, 0) is 4.79 Å². The number of fused-ring (bicyclic) bond motifs is 2. The van der Waals surface area contributed by atoms with Crippen LogP contribution in [0, 0.1) is 19.7 Å². The number of amides is 1. The minimum absolute atomic E-state index is 0.00487. The van der Waals surface area contributed by atoms with Gasteiger partial charge in [-0.25, -0.2) is 9.38 Å². The number of hydrogen-bond donors (Lipinski definition) is 1. The summed E-state index contributed by atoms with van der Waals surface area (Å²) in [6.07, 6.45) is 15.2. The van der Waals surface area contributed by atoms with Crippen LogP contribution in [-0.4, -0.2) is 96.5 Å². The standard InChI is InChI=1S/C37H45FN7O3/c1-7-9-16-39-37(41-31-22-27(4)33(23-30(31)38)48-29-14-18-44(19-15-29)40-8-2)35-26(3)12-13-32-36(35)47-25-28-24-43(20-21-45(28)32)34(46)11-10-17-42(5)6/h8-16,18,22-23H,7,17,19-21,24-25H2,1-6H3,(H,39,41)/q+1/b11-10+,16-9+,40-8-. The van der Waals surface area contributed by atoms with Gasteiger partial charge in [-0.3, -0.25) is 9.80 Å². The Labute approximate surface area is 282 Å². The summed E-state index contributed by atoms with van der Waals surface area (Å²) in [6, 6.07) is 7.19. The van der Waals surface area contributed by atoms with Crippen molar-refractivity contribution in [3.63, 3.8) is 0 Å². The van der Waals surface area contributed by atoms with Gasteiger partial charge in [0.15, 0.2) is 13.2 Å². The molecule has 0 saturated carbocycles. The zero-order chi connectivity index (χ0) is 34.2. The molecule has 11 heteroatoms. The third-order valence-corrected chi connectivity index (χ3v) is 8.09. The second-order valence-corrected chi connectivity index (χ2v) is 12.0. The van der Waals surface area contributed by atoms with Crippen LogP contribution in [0.25, 0.3) is 0 Å². The number of halogens is 1. The number of ether oxygens (including phenoxy) is 2. The van der Waals surface area contributed by atoms with E-state index in [1.54, 1.807) is 35.6 Å². The van der Waals surface area contributed by atoms with Crippen molar-refractivity contribution >= 4 is 35.0 Å². The Kier molecular flexibility index (Phi) is 11.2. The van der Waals surface area contributed by atoms with Gasteiger partial charge in [-0.05, 0) is 70.6 Å². The molecule has 2 aromatic carbocycles. The summed E-state index contributed by atoms with van der Waals surface area (Å²) in [7, 11) is 3.94. The lowest BCUT2D eigenvalue weighted by atomic mass is 10.0. The molecule has 3 heterocycles. The maximum absolute atomic E-state index is 15.7. The summed E-state index contributed by atoms with van der Waals surface area (Å²) in [6.45, 7) is 11.1. The zero-order valence-electron chi connectivity index (χ0n) is 28.7. The lowest BCUT2D eigenvalue weighted by Crippen LogP contribution is -2.49. The first-order valence-corrected chi connectivity index (χ1v) is 16.3. The average molecular weight is 655 g/mol. The molecule has 0 aliphatic carbocycles. The Bertz CT molecular complexity index is 1750. The number of benzene rings is 2. The molecule has 3 aliphatic heterocycles. The Morgan fingerprint density at radius 2 is 2.04 bits per heavy atom. The lowest BCUT2D eigenvalue weighted by Gasteiger charge is -2.29. The van der Waals surface area contributed by atoms with Gasteiger partial charge in [0, 0.05) is 43.4 Å². The van der Waals surface area contributed by atoms with Crippen molar-refractivity contribution in [1.82, 2.24) is 14.8 Å². The number of allylic oxidation sites excluding steroid dienone is 2. The number of amidine groups is 1. The molecule has 0 aromatic heterocycles. The predicted octanol–water partition coefficient (Wildman–Crippen LogP) is 5.76. The summed E-state index contributed by atoms with van der Waals surface area (Å²) in [5.74, 6) is 1.72. The summed E-state index contributed by atoms with van der Waals surface area (Å²) in [5.41, 5.74) is 4.64. The molecule has 0 saturated heterocycles.